The maximum absolute atomic E-state index is 13.0. The Morgan fingerprint density at radius 1 is 1.13 bits per heavy atom. The Morgan fingerprint density at radius 3 is 2.74 bits per heavy atom. The molecule has 1 N–H and O–H groups in total. The van der Waals surface area contributed by atoms with Gasteiger partial charge in [-0.3, -0.25) is 9.36 Å². The van der Waals surface area contributed by atoms with Crippen molar-refractivity contribution in [2.75, 3.05) is 6.61 Å². The average molecular weight is 435 g/mol. The van der Waals surface area contributed by atoms with Crippen LogP contribution in [0.15, 0.2) is 41.2 Å². The molecule has 1 aliphatic heterocycles. The lowest BCUT2D eigenvalue weighted by molar-refractivity contribution is 0.229. The van der Waals surface area contributed by atoms with Crippen LogP contribution in [0.1, 0.15) is 74.2 Å². The van der Waals surface area contributed by atoms with Crippen molar-refractivity contribution in [2.24, 2.45) is 5.92 Å². The summed E-state index contributed by atoms with van der Waals surface area (Å²) in [6, 6.07) is 12.6. The van der Waals surface area contributed by atoms with E-state index in [2.05, 4.69) is 27.8 Å². The normalized spacial score (nSPS) is 23.9. The van der Waals surface area contributed by atoms with Gasteiger partial charge in [-0.1, -0.05) is 49.1 Å². The van der Waals surface area contributed by atoms with Gasteiger partial charge in [0.05, 0.1) is 27.0 Å². The van der Waals surface area contributed by atoms with Crippen LogP contribution in [-0.4, -0.2) is 21.3 Å². The van der Waals surface area contributed by atoms with E-state index in [4.69, 9.17) is 11.6 Å². The molecule has 31 heavy (non-hydrogen) atoms. The molecular formula is C26H27ClN2O2. The van der Waals surface area contributed by atoms with Gasteiger partial charge in [-0.25, -0.2) is 0 Å². The zero-order valence-corrected chi connectivity index (χ0v) is 18.4. The molecule has 5 heteroatoms. The zero-order valence-electron chi connectivity index (χ0n) is 17.6. The van der Waals surface area contributed by atoms with E-state index in [0.717, 1.165) is 56.3 Å². The molecule has 2 atom stereocenters. The molecular weight excluding hydrogens is 408 g/mol. The first-order valence-corrected chi connectivity index (χ1v) is 12.0. The van der Waals surface area contributed by atoms with Gasteiger partial charge in [0.2, 0.25) is 0 Å². The molecule has 4 nitrogen and oxygen atoms in total. The lowest BCUT2D eigenvalue weighted by Crippen LogP contribution is -2.32. The second kappa shape index (κ2) is 7.18. The van der Waals surface area contributed by atoms with Crippen LogP contribution in [0.3, 0.4) is 0 Å². The molecule has 1 aromatic heterocycles. The Hall–Kier alpha value is -2.17. The number of benzene rings is 2. The van der Waals surface area contributed by atoms with Crippen LogP contribution in [0.5, 0.6) is 0 Å². The highest BCUT2D eigenvalue weighted by Gasteiger charge is 2.46. The minimum Gasteiger partial charge on any atom is -0.396 e. The number of hydrogen-bond donors (Lipinski definition) is 1. The van der Waals surface area contributed by atoms with E-state index in [1.807, 2.05) is 12.1 Å². The molecule has 3 aliphatic rings. The Labute approximate surface area is 186 Å². The quantitative estimate of drug-likeness (QED) is 0.581. The van der Waals surface area contributed by atoms with E-state index in [1.54, 1.807) is 6.07 Å². The van der Waals surface area contributed by atoms with Gasteiger partial charge in [-0.15, -0.1) is 0 Å². The van der Waals surface area contributed by atoms with E-state index in [0.29, 0.717) is 22.2 Å². The van der Waals surface area contributed by atoms with E-state index in [1.165, 1.54) is 23.2 Å². The van der Waals surface area contributed by atoms with Crippen molar-refractivity contribution >= 4 is 22.5 Å². The zero-order chi connectivity index (χ0) is 21.2. The van der Waals surface area contributed by atoms with Crippen molar-refractivity contribution in [3.8, 4) is 5.69 Å². The van der Waals surface area contributed by atoms with E-state index >= 15 is 0 Å². The monoisotopic (exact) mass is 434 g/mol. The largest absolute Gasteiger partial charge is 0.396 e. The third kappa shape index (κ3) is 2.77. The number of halogens is 1. The lowest BCUT2D eigenvalue weighted by Gasteiger charge is -2.33. The number of rotatable bonds is 2. The molecule has 2 unspecified atom stereocenters. The second-order valence-electron chi connectivity index (χ2n) is 9.69. The summed E-state index contributed by atoms with van der Waals surface area (Å²) < 4.78 is 2.23. The van der Waals surface area contributed by atoms with Crippen LogP contribution in [0.25, 0.3) is 16.6 Å². The van der Waals surface area contributed by atoms with Crippen molar-refractivity contribution in [3.05, 3.63) is 68.7 Å². The molecule has 1 spiro atoms. The molecule has 160 valence electrons. The van der Waals surface area contributed by atoms with Crippen molar-refractivity contribution in [1.82, 2.24) is 9.55 Å². The number of hydrogen-bond acceptors (Lipinski definition) is 3. The SMILES string of the molecule is O=c1nc2n(c3cccc(Cl)c13)-c1cc(C3CCC(CO)C3)ccc1C21CCCCC1. The number of nitrogens with zero attached hydrogens (tertiary/aromatic N) is 2. The molecule has 2 fully saturated rings. The minimum atomic E-state index is -0.216. The van der Waals surface area contributed by atoms with Crippen LogP contribution in [0.2, 0.25) is 5.02 Å². The summed E-state index contributed by atoms with van der Waals surface area (Å²) in [5, 5.41) is 10.6. The van der Waals surface area contributed by atoms with Crippen molar-refractivity contribution in [2.45, 2.75) is 62.7 Å². The smallest absolute Gasteiger partial charge is 0.282 e. The third-order valence-electron chi connectivity index (χ3n) is 8.05. The highest BCUT2D eigenvalue weighted by molar-refractivity contribution is 6.35. The van der Waals surface area contributed by atoms with Crippen molar-refractivity contribution in [1.29, 1.82) is 0 Å². The molecule has 2 aliphatic carbocycles. The van der Waals surface area contributed by atoms with Gasteiger partial charge in [0, 0.05) is 6.61 Å². The predicted octanol–water partition coefficient (Wildman–Crippen LogP) is 5.48. The van der Waals surface area contributed by atoms with E-state index in [-0.39, 0.29) is 17.6 Å². The van der Waals surface area contributed by atoms with Gasteiger partial charge in [0.1, 0.15) is 5.82 Å². The van der Waals surface area contributed by atoms with Gasteiger partial charge in [-0.05, 0) is 73.3 Å². The molecule has 3 aromatic rings. The van der Waals surface area contributed by atoms with Crippen LogP contribution < -0.4 is 5.56 Å². The van der Waals surface area contributed by atoms with Gasteiger partial charge in [0.25, 0.3) is 5.56 Å². The summed E-state index contributed by atoms with van der Waals surface area (Å²) >= 11 is 6.46. The first kappa shape index (κ1) is 19.5. The molecule has 0 radical (unpaired) electrons. The van der Waals surface area contributed by atoms with Crippen molar-refractivity contribution < 1.29 is 5.11 Å². The fraction of sp³-hybridized carbons (Fsp3) is 0.462. The summed E-state index contributed by atoms with van der Waals surface area (Å²) in [5.41, 5.74) is 4.29. The van der Waals surface area contributed by atoms with Crippen LogP contribution in [0, 0.1) is 5.92 Å². The first-order valence-electron chi connectivity index (χ1n) is 11.6. The fourth-order valence-corrected chi connectivity index (χ4v) is 6.75. The van der Waals surface area contributed by atoms with Crippen LogP contribution in [0.4, 0.5) is 0 Å². The second-order valence-corrected chi connectivity index (χ2v) is 10.1. The summed E-state index contributed by atoms with van der Waals surface area (Å²) in [6.45, 7) is 0.279. The van der Waals surface area contributed by atoms with E-state index in [9.17, 15) is 9.90 Å². The Morgan fingerprint density at radius 2 is 1.97 bits per heavy atom. The standard InChI is InChI=1S/C26H27ClN2O2/c27-20-5-4-6-21-23(20)24(31)28-25-26(11-2-1-3-12-26)19-10-9-18(14-22(19)29(21)25)17-8-7-16(13-17)15-30/h4-6,9-10,14,16-17,30H,1-3,7-8,11-13,15H2. The topological polar surface area (TPSA) is 55.1 Å². The average Bonchev–Trinajstić information content (AvgIpc) is 3.37. The van der Waals surface area contributed by atoms with E-state index < -0.39 is 0 Å². The summed E-state index contributed by atoms with van der Waals surface area (Å²) in [4.78, 5) is 17.7. The highest BCUT2D eigenvalue weighted by Crippen LogP contribution is 2.52. The predicted molar refractivity (Wildman–Crippen MR) is 123 cm³/mol. The summed E-state index contributed by atoms with van der Waals surface area (Å²) in [6.07, 6.45) is 8.88. The van der Waals surface area contributed by atoms with Gasteiger partial charge in [-0.2, -0.15) is 4.98 Å². The first-order chi connectivity index (χ1) is 15.1. The minimum absolute atomic E-state index is 0.176. The number of aliphatic hydroxyl groups is 1. The maximum Gasteiger partial charge on any atom is 0.282 e. The molecule has 2 saturated carbocycles. The molecule has 2 heterocycles. The Bertz CT molecular complexity index is 1240. The lowest BCUT2D eigenvalue weighted by atomic mass is 9.69. The molecule has 0 bridgehead atoms. The molecule has 2 aromatic carbocycles. The van der Waals surface area contributed by atoms with Gasteiger partial charge in [0.15, 0.2) is 0 Å². The maximum atomic E-state index is 13.0. The molecule has 0 saturated heterocycles. The number of aromatic nitrogens is 2. The Kier molecular flexibility index (Phi) is 4.52. The number of fused-ring (bicyclic) bond motifs is 7. The Balaban J connectivity index is 1.62. The van der Waals surface area contributed by atoms with Crippen LogP contribution in [-0.2, 0) is 5.41 Å². The van der Waals surface area contributed by atoms with Crippen molar-refractivity contribution in [3.63, 3.8) is 0 Å². The van der Waals surface area contributed by atoms with Gasteiger partial charge >= 0.3 is 0 Å². The highest BCUT2D eigenvalue weighted by atomic mass is 35.5. The third-order valence-corrected chi connectivity index (χ3v) is 8.36. The van der Waals surface area contributed by atoms with Crippen LogP contribution >= 0.6 is 11.6 Å². The van der Waals surface area contributed by atoms with Gasteiger partial charge < -0.3 is 5.11 Å². The molecule has 6 rings (SSSR count). The summed E-state index contributed by atoms with van der Waals surface area (Å²) in [5.74, 6) is 1.79. The number of aliphatic hydroxyl groups excluding tert-OH is 1. The fourth-order valence-electron chi connectivity index (χ4n) is 6.50. The summed E-state index contributed by atoms with van der Waals surface area (Å²) in [7, 11) is 0. The molecule has 0 amide bonds.